The van der Waals surface area contributed by atoms with Crippen molar-refractivity contribution in [3.63, 3.8) is 0 Å². The lowest BCUT2D eigenvalue weighted by Crippen LogP contribution is -2.21. The third-order valence-corrected chi connectivity index (χ3v) is 4.72. The number of hydrogen-bond donors (Lipinski definition) is 2. The van der Waals surface area contributed by atoms with E-state index in [4.69, 9.17) is 54.5 Å². The average molecular weight is 524 g/mol. The van der Waals surface area contributed by atoms with E-state index >= 15 is 0 Å². The van der Waals surface area contributed by atoms with Crippen LogP contribution in [0.3, 0.4) is 0 Å². The van der Waals surface area contributed by atoms with Crippen LogP contribution in [-0.2, 0) is 9.59 Å². The Bertz CT molecular complexity index is 1020. The van der Waals surface area contributed by atoms with Gasteiger partial charge in [-0.3, -0.25) is 20.2 Å². The summed E-state index contributed by atoms with van der Waals surface area (Å²) < 4.78 is 7.67. The Morgan fingerprint density at radius 3 is 1.48 bits per heavy atom. The fourth-order valence-corrected chi connectivity index (χ4v) is 3.56. The molecule has 15 heteroatoms. The molecule has 0 aliphatic heterocycles. The summed E-state index contributed by atoms with van der Waals surface area (Å²) in [5, 5.41) is 40.9. The summed E-state index contributed by atoms with van der Waals surface area (Å²) in [5.41, 5.74) is -1.86. The molecule has 0 fully saturated rings. The highest BCUT2D eigenvalue weighted by molar-refractivity contribution is 6.68. The lowest BCUT2D eigenvalue weighted by atomic mass is 9.89. The van der Waals surface area contributed by atoms with E-state index in [0.29, 0.717) is 0 Å². The molecule has 0 unspecified atom stereocenters. The molecule has 0 atom stereocenters. The van der Waals surface area contributed by atoms with Gasteiger partial charge in [-0.15, -0.1) is 0 Å². The summed E-state index contributed by atoms with van der Waals surface area (Å²) in [4.78, 5) is 43.2. The second-order valence-electron chi connectivity index (χ2n) is 6.29. The van der Waals surface area contributed by atoms with Crippen LogP contribution >= 0.6 is 34.8 Å². The quantitative estimate of drug-likeness (QED) is 0.263. The fourth-order valence-electron chi connectivity index (χ4n) is 2.85. The van der Waals surface area contributed by atoms with Gasteiger partial charge in [0, 0.05) is 23.3 Å². The molecule has 0 radical (unpaired) electrons. The molecule has 0 heterocycles. The maximum Gasteiger partial charge on any atom is 0.341 e. The predicted molar refractivity (Wildman–Crippen MR) is 115 cm³/mol. The molecule has 0 aliphatic rings. The van der Waals surface area contributed by atoms with Crippen molar-refractivity contribution in [3.8, 4) is 11.5 Å². The molecule has 2 rings (SSSR count). The smallest absolute Gasteiger partial charge is 0.341 e. The van der Waals surface area contributed by atoms with Crippen molar-refractivity contribution in [3.05, 3.63) is 67.8 Å². The minimum absolute atomic E-state index is 0.141. The molecule has 0 bridgehead atoms. The van der Waals surface area contributed by atoms with Gasteiger partial charge in [-0.2, -0.15) is 0 Å². The Hall–Kier alpha value is -3.35. The van der Waals surface area contributed by atoms with Gasteiger partial charge in [0.1, 0.15) is 11.5 Å². The Labute approximate surface area is 199 Å². The first kappa shape index (κ1) is 25.9. The van der Waals surface area contributed by atoms with Gasteiger partial charge < -0.3 is 19.7 Å². The molecule has 2 aromatic carbocycles. The Kier molecular flexibility index (Phi) is 8.25. The van der Waals surface area contributed by atoms with Crippen molar-refractivity contribution < 1.29 is 39.1 Å². The van der Waals surface area contributed by atoms with E-state index in [1.807, 2.05) is 0 Å². The Morgan fingerprint density at radius 1 is 0.848 bits per heavy atom. The number of nitro benzene ring substituents is 2. The van der Waals surface area contributed by atoms with Gasteiger partial charge in [0.05, 0.1) is 15.8 Å². The van der Waals surface area contributed by atoms with Crippen LogP contribution in [0.1, 0.15) is 17.0 Å². The molecule has 0 saturated carbocycles. The van der Waals surface area contributed by atoms with E-state index in [2.05, 4.69) is 0 Å². The highest BCUT2D eigenvalue weighted by Crippen LogP contribution is 2.51. The van der Waals surface area contributed by atoms with Gasteiger partial charge in [0.2, 0.25) is 3.79 Å². The predicted octanol–water partition coefficient (Wildman–Crippen LogP) is 3.93. The molecule has 0 spiro atoms. The average Bonchev–Trinajstić information content (AvgIpc) is 2.69. The van der Waals surface area contributed by atoms with Crippen molar-refractivity contribution in [1.29, 1.82) is 0 Å². The maximum absolute atomic E-state index is 11.6. The molecule has 2 N–H and O–H groups in total. The molecule has 2 aromatic rings. The van der Waals surface area contributed by atoms with E-state index in [1.54, 1.807) is 0 Å². The van der Waals surface area contributed by atoms with E-state index in [9.17, 15) is 29.8 Å². The van der Waals surface area contributed by atoms with Gasteiger partial charge in [-0.25, -0.2) is 9.59 Å². The summed E-state index contributed by atoms with van der Waals surface area (Å²) in [6.45, 7) is -1.57. The molecule has 176 valence electrons. The van der Waals surface area contributed by atoms with Gasteiger partial charge in [-0.1, -0.05) is 34.8 Å². The normalized spacial score (nSPS) is 11.2. The standard InChI is InChI=1S/C18H13Cl3N2O10/c19-18(20,21)17(11-5-9(32-7-15(24)25)1-3-13(11)22(28)29)12-6-10(33-8-16(26)27)2-4-14(12)23(30)31/h1-6,17H,7-8H2,(H,24,25)(H,26,27). The van der Waals surface area contributed by atoms with Crippen LogP contribution in [0.4, 0.5) is 11.4 Å². The summed E-state index contributed by atoms with van der Waals surface area (Å²) >= 11 is 18.3. The molecule has 0 aliphatic carbocycles. The van der Waals surface area contributed by atoms with Crippen LogP contribution in [-0.4, -0.2) is 49.0 Å². The Morgan fingerprint density at radius 2 is 1.21 bits per heavy atom. The van der Waals surface area contributed by atoms with E-state index < -0.39 is 56.1 Å². The van der Waals surface area contributed by atoms with Gasteiger partial charge >= 0.3 is 11.9 Å². The minimum atomic E-state index is -2.40. The van der Waals surface area contributed by atoms with Crippen LogP contribution < -0.4 is 9.47 Å². The number of aliphatic carboxylic acids is 2. The number of halogens is 3. The number of carbonyl (C=O) groups is 2. The zero-order valence-electron chi connectivity index (χ0n) is 16.1. The summed E-state index contributed by atoms with van der Waals surface area (Å²) in [6, 6.07) is 6.21. The van der Waals surface area contributed by atoms with Crippen molar-refractivity contribution in [1.82, 2.24) is 0 Å². The van der Waals surface area contributed by atoms with Crippen molar-refractivity contribution in [2.75, 3.05) is 13.2 Å². The number of carboxylic acids is 2. The van der Waals surface area contributed by atoms with Crippen LogP contribution in [0.25, 0.3) is 0 Å². The number of benzene rings is 2. The maximum atomic E-state index is 11.6. The van der Waals surface area contributed by atoms with E-state index in [0.717, 1.165) is 36.4 Å². The summed E-state index contributed by atoms with van der Waals surface area (Å²) in [6.07, 6.45) is 0. The third-order valence-electron chi connectivity index (χ3n) is 4.07. The molecule has 33 heavy (non-hydrogen) atoms. The Balaban J connectivity index is 2.77. The molecule has 0 saturated heterocycles. The van der Waals surface area contributed by atoms with Crippen LogP contribution in [0.5, 0.6) is 11.5 Å². The first-order chi connectivity index (χ1) is 15.3. The number of rotatable bonds is 10. The highest BCUT2D eigenvalue weighted by atomic mass is 35.6. The number of alkyl halides is 3. The van der Waals surface area contributed by atoms with Crippen LogP contribution in [0.15, 0.2) is 36.4 Å². The van der Waals surface area contributed by atoms with E-state index in [-0.39, 0.29) is 22.6 Å². The number of carboxylic acid groups (broad SMARTS) is 2. The van der Waals surface area contributed by atoms with E-state index in [1.165, 1.54) is 0 Å². The first-order valence-electron chi connectivity index (χ1n) is 8.63. The zero-order valence-corrected chi connectivity index (χ0v) is 18.4. The third kappa shape index (κ3) is 6.81. The fraction of sp³-hybridized carbons (Fsp3) is 0.222. The molecule has 0 amide bonds. The lowest BCUT2D eigenvalue weighted by Gasteiger charge is -2.25. The topological polar surface area (TPSA) is 179 Å². The van der Waals surface area contributed by atoms with Crippen molar-refractivity contribution in [2.24, 2.45) is 0 Å². The number of hydrogen-bond acceptors (Lipinski definition) is 8. The number of nitro groups is 2. The van der Waals surface area contributed by atoms with Crippen LogP contribution in [0.2, 0.25) is 0 Å². The second kappa shape index (κ2) is 10.5. The van der Waals surface area contributed by atoms with Gasteiger partial charge in [-0.05, 0) is 24.3 Å². The molecular formula is C18H13Cl3N2O10. The van der Waals surface area contributed by atoms with Crippen LogP contribution in [0, 0.1) is 20.2 Å². The highest BCUT2D eigenvalue weighted by Gasteiger charge is 2.43. The molecule has 0 aromatic heterocycles. The SMILES string of the molecule is O=C(O)COc1ccc([N+](=O)[O-])c(C(c2cc(OCC(=O)O)ccc2[N+](=O)[O-])C(Cl)(Cl)Cl)c1. The van der Waals surface area contributed by atoms with Crippen molar-refractivity contribution >= 4 is 58.1 Å². The zero-order chi connectivity index (χ0) is 24.9. The summed E-state index contributed by atoms with van der Waals surface area (Å²) in [5.74, 6) is -4.58. The van der Waals surface area contributed by atoms with Gasteiger partial charge in [0.25, 0.3) is 11.4 Å². The second-order valence-corrected chi connectivity index (χ2v) is 8.66. The largest absolute Gasteiger partial charge is 0.482 e. The monoisotopic (exact) mass is 522 g/mol. The number of ether oxygens (including phenoxy) is 2. The van der Waals surface area contributed by atoms with Crippen molar-refractivity contribution in [2.45, 2.75) is 9.71 Å². The first-order valence-corrected chi connectivity index (χ1v) is 9.77. The number of nitrogens with zero attached hydrogens (tertiary/aromatic N) is 2. The summed E-state index contributed by atoms with van der Waals surface area (Å²) in [7, 11) is 0. The molecular weight excluding hydrogens is 511 g/mol. The molecule has 12 nitrogen and oxygen atoms in total. The minimum Gasteiger partial charge on any atom is -0.482 e. The van der Waals surface area contributed by atoms with Gasteiger partial charge in [0.15, 0.2) is 13.2 Å². The lowest BCUT2D eigenvalue weighted by molar-refractivity contribution is -0.386.